The van der Waals surface area contributed by atoms with Gasteiger partial charge in [-0.3, -0.25) is 4.79 Å². The summed E-state index contributed by atoms with van der Waals surface area (Å²) in [5, 5.41) is 2.49. The van der Waals surface area contributed by atoms with Crippen molar-refractivity contribution in [1.82, 2.24) is 0 Å². The molecule has 0 radical (unpaired) electrons. The van der Waals surface area contributed by atoms with Crippen molar-refractivity contribution in [3.63, 3.8) is 0 Å². The molecule has 0 saturated heterocycles. The first-order chi connectivity index (χ1) is 9.24. The van der Waals surface area contributed by atoms with Crippen molar-refractivity contribution >= 4 is 11.6 Å². The number of halogens is 3. The van der Waals surface area contributed by atoms with Crippen LogP contribution in [0.25, 0.3) is 0 Å². The summed E-state index contributed by atoms with van der Waals surface area (Å²) in [6.07, 6.45) is -2.76. The summed E-state index contributed by atoms with van der Waals surface area (Å²) in [7, 11) is 0. The van der Waals surface area contributed by atoms with Crippen LogP contribution in [-0.2, 0) is 11.0 Å². The summed E-state index contributed by atoms with van der Waals surface area (Å²) >= 11 is 0. The van der Waals surface area contributed by atoms with Crippen molar-refractivity contribution in [3.05, 3.63) is 29.3 Å². The van der Waals surface area contributed by atoms with Crippen LogP contribution in [0.4, 0.5) is 18.9 Å². The van der Waals surface area contributed by atoms with E-state index in [9.17, 15) is 18.0 Å². The Hall–Kier alpha value is -1.56. The average Bonchev–Trinajstić information content (AvgIpc) is 2.30. The van der Waals surface area contributed by atoms with Crippen molar-refractivity contribution < 1.29 is 18.0 Å². The molecule has 20 heavy (non-hydrogen) atoms. The fraction of sp³-hybridized carbons (Fsp3) is 0.500. The molecule has 0 fully saturated rings. The van der Waals surface area contributed by atoms with Gasteiger partial charge in [-0.1, -0.05) is 19.4 Å². The van der Waals surface area contributed by atoms with Gasteiger partial charge in [0, 0.05) is 18.2 Å². The zero-order valence-electron chi connectivity index (χ0n) is 11.6. The van der Waals surface area contributed by atoms with Gasteiger partial charge in [-0.25, -0.2) is 0 Å². The predicted octanol–water partition coefficient (Wildman–Crippen LogP) is 3.47. The summed E-state index contributed by atoms with van der Waals surface area (Å²) in [6, 6.07) is 3.00. The minimum Gasteiger partial charge on any atom is -0.327 e. The molecule has 0 spiro atoms. The fourth-order valence-corrected chi connectivity index (χ4v) is 1.85. The van der Waals surface area contributed by atoms with E-state index in [1.165, 1.54) is 6.07 Å². The smallest absolute Gasteiger partial charge is 0.327 e. The lowest BCUT2D eigenvalue weighted by atomic mass is 10.1. The number of rotatable bonds is 5. The van der Waals surface area contributed by atoms with Crippen LogP contribution in [0.5, 0.6) is 0 Å². The van der Waals surface area contributed by atoms with Crippen LogP contribution in [-0.4, -0.2) is 11.9 Å². The zero-order chi connectivity index (χ0) is 15.3. The molecular formula is C14H19F3N2O. The average molecular weight is 288 g/mol. The molecule has 112 valence electrons. The Labute approximate surface area is 116 Å². The first-order valence-corrected chi connectivity index (χ1v) is 6.47. The third kappa shape index (κ3) is 4.85. The summed E-state index contributed by atoms with van der Waals surface area (Å²) in [4.78, 5) is 11.7. The predicted molar refractivity (Wildman–Crippen MR) is 72.3 cm³/mol. The highest BCUT2D eigenvalue weighted by molar-refractivity contribution is 5.92. The molecule has 1 aromatic rings. The molecule has 0 aromatic heterocycles. The Morgan fingerprint density at radius 2 is 2.05 bits per heavy atom. The maximum atomic E-state index is 12.6. The van der Waals surface area contributed by atoms with Crippen molar-refractivity contribution in [1.29, 1.82) is 0 Å². The van der Waals surface area contributed by atoms with Gasteiger partial charge in [-0.2, -0.15) is 13.2 Å². The van der Waals surface area contributed by atoms with E-state index in [2.05, 4.69) is 5.32 Å². The van der Waals surface area contributed by atoms with E-state index >= 15 is 0 Å². The molecule has 0 aliphatic rings. The minimum atomic E-state index is -4.42. The van der Waals surface area contributed by atoms with Gasteiger partial charge in [0.15, 0.2) is 0 Å². The van der Waals surface area contributed by atoms with Crippen molar-refractivity contribution in [2.24, 2.45) is 5.73 Å². The highest BCUT2D eigenvalue weighted by Gasteiger charge is 2.30. The first kappa shape index (κ1) is 16.5. The summed E-state index contributed by atoms with van der Waals surface area (Å²) < 4.78 is 37.8. The summed E-state index contributed by atoms with van der Waals surface area (Å²) in [6.45, 7) is 3.59. The molecule has 3 nitrogen and oxygen atoms in total. The molecule has 0 aliphatic carbocycles. The number of amides is 1. The number of carbonyl (C=O) groups is 1. The number of aryl methyl sites for hydroxylation is 1. The Morgan fingerprint density at radius 1 is 1.40 bits per heavy atom. The second kappa shape index (κ2) is 6.74. The number of hydrogen-bond acceptors (Lipinski definition) is 2. The van der Waals surface area contributed by atoms with Crippen LogP contribution in [0.3, 0.4) is 0 Å². The zero-order valence-corrected chi connectivity index (χ0v) is 11.6. The molecule has 6 heteroatoms. The van der Waals surface area contributed by atoms with E-state index in [4.69, 9.17) is 5.73 Å². The van der Waals surface area contributed by atoms with Crippen LogP contribution in [0, 0.1) is 6.92 Å². The van der Waals surface area contributed by atoms with Crippen molar-refractivity contribution in [2.45, 2.75) is 45.3 Å². The van der Waals surface area contributed by atoms with Crippen LogP contribution < -0.4 is 11.1 Å². The minimum absolute atomic E-state index is 0.101. The van der Waals surface area contributed by atoms with E-state index in [0.717, 1.165) is 18.6 Å². The topological polar surface area (TPSA) is 55.1 Å². The third-order valence-corrected chi connectivity index (χ3v) is 2.95. The van der Waals surface area contributed by atoms with E-state index in [-0.39, 0.29) is 24.1 Å². The summed E-state index contributed by atoms with van der Waals surface area (Å²) in [5.74, 6) is -0.367. The lowest BCUT2D eigenvalue weighted by molar-refractivity contribution is -0.137. The van der Waals surface area contributed by atoms with Gasteiger partial charge in [0.25, 0.3) is 0 Å². The van der Waals surface area contributed by atoms with Crippen molar-refractivity contribution in [2.75, 3.05) is 5.32 Å². The fourth-order valence-electron chi connectivity index (χ4n) is 1.85. The highest BCUT2D eigenvalue weighted by atomic mass is 19.4. The van der Waals surface area contributed by atoms with Gasteiger partial charge in [0.05, 0.1) is 5.56 Å². The first-order valence-electron chi connectivity index (χ1n) is 6.47. The quantitative estimate of drug-likeness (QED) is 0.871. The third-order valence-electron chi connectivity index (χ3n) is 2.95. The van der Waals surface area contributed by atoms with Gasteiger partial charge < -0.3 is 11.1 Å². The second-order valence-corrected chi connectivity index (χ2v) is 4.83. The van der Waals surface area contributed by atoms with E-state index < -0.39 is 11.7 Å². The Balaban J connectivity index is 2.79. The normalized spacial score (nSPS) is 13.1. The van der Waals surface area contributed by atoms with Gasteiger partial charge >= 0.3 is 6.18 Å². The number of benzene rings is 1. The van der Waals surface area contributed by atoms with E-state index in [1.54, 1.807) is 6.92 Å². The summed E-state index contributed by atoms with van der Waals surface area (Å²) in [5.41, 5.74) is 5.71. The lowest BCUT2D eigenvalue weighted by Crippen LogP contribution is -2.27. The molecule has 3 N–H and O–H groups in total. The molecule has 1 rings (SSSR count). The molecule has 1 atom stereocenters. The molecule has 0 bridgehead atoms. The van der Waals surface area contributed by atoms with Crippen molar-refractivity contribution in [3.8, 4) is 0 Å². The number of nitrogens with two attached hydrogens (primary N) is 1. The van der Waals surface area contributed by atoms with E-state index in [0.29, 0.717) is 12.0 Å². The van der Waals surface area contributed by atoms with Gasteiger partial charge in [-0.15, -0.1) is 0 Å². The van der Waals surface area contributed by atoms with Gasteiger partial charge in [0.1, 0.15) is 0 Å². The maximum Gasteiger partial charge on any atom is 0.416 e. The SMILES string of the molecule is CCCC(N)CC(=O)Nc1cc(C(F)(F)F)ccc1C. The molecule has 0 saturated carbocycles. The Morgan fingerprint density at radius 3 is 2.60 bits per heavy atom. The lowest BCUT2D eigenvalue weighted by Gasteiger charge is -2.14. The highest BCUT2D eigenvalue weighted by Crippen LogP contribution is 2.32. The maximum absolute atomic E-state index is 12.6. The second-order valence-electron chi connectivity index (χ2n) is 4.83. The molecular weight excluding hydrogens is 269 g/mol. The number of nitrogens with one attached hydrogen (secondary N) is 1. The number of carbonyl (C=O) groups excluding carboxylic acids is 1. The van der Waals surface area contributed by atoms with Gasteiger partial charge in [0.2, 0.25) is 5.91 Å². The monoisotopic (exact) mass is 288 g/mol. The molecule has 1 unspecified atom stereocenters. The molecule has 1 aromatic carbocycles. The molecule has 0 heterocycles. The van der Waals surface area contributed by atoms with Crippen LogP contribution in [0.2, 0.25) is 0 Å². The van der Waals surface area contributed by atoms with E-state index in [1.807, 2.05) is 6.92 Å². The van der Waals surface area contributed by atoms with Gasteiger partial charge in [-0.05, 0) is 31.0 Å². The Kier molecular flexibility index (Phi) is 5.56. The standard InChI is InChI=1S/C14H19F3N2O/c1-3-4-11(18)8-13(20)19-12-7-10(14(15,16)17)6-5-9(12)2/h5-7,11H,3-4,8,18H2,1-2H3,(H,19,20). The van der Waals surface area contributed by atoms with Crippen LogP contribution in [0.1, 0.15) is 37.3 Å². The Bertz CT molecular complexity index is 472. The molecule has 1 amide bonds. The number of alkyl halides is 3. The van der Waals surface area contributed by atoms with Crippen LogP contribution in [0.15, 0.2) is 18.2 Å². The number of hydrogen-bond donors (Lipinski definition) is 2. The molecule has 0 aliphatic heterocycles. The largest absolute Gasteiger partial charge is 0.416 e. The number of anilines is 1. The van der Waals surface area contributed by atoms with Crippen LogP contribution >= 0.6 is 0 Å².